The lowest BCUT2D eigenvalue weighted by atomic mass is 10.1. The Morgan fingerprint density at radius 3 is 2.54 bits per heavy atom. The highest BCUT2D eigenvalue weighted by atomic mass is 16.5. The van der Waals surface area contributed by atoms with Crippen LogP contribution in [0, 0.1) is 0 Å². The summed E-state index contributed by atoms with van der Waals surface area (Å²) in [6.07, 6.45) is 0. The van der Waals surface area contributed by atoms with Gasteiger partial charge in [-0.1, -0.05) is 42.5 Å². The molecule has 0 amide bonds. The number of ether oxygens (including phenoxy) is 1. The van der Waals surface area contributed by atoms with Crippen LogP contribution in [0.3, 0.4) is 0 Å². The Labute approximate surface area is 138 Å². The van der Waals surface area contributed by atoms with Gasteiger partial charge < -0.3 is 14.5 Å². The summed E-state index contributed by atoms with van der Waals surface area (Å²) in [4.78, 5) is 24.5. The number of carbonyl (C=O) groups is 1. The zero-order valence-electron chi connectivity index (χ0n) is 13.2. The highest BCUT2D eigenvalue weighted by molar-refractivity contribution is 6.04. The van der Waals surface area contributed by atoms with Gasteiger partial charge in [-0.2, -0.15) is 0 Å². The maximum Gasteiger partial charge on any atom is 0.353 e. The summed E-state index contributed by atoms with van der Waals surface area (Å²) < 4.78 is 10.3. The largest absolute Gasteiger partial charge is 0.462 e. The minimum absolute atomic E-state index is 0.105. The number of anilines is 1. The summed E-state index contributed by atoms with van der Waals surface area (Å²) in [6.45, 7) is 2.35. The second-order valence-corrected chi connectivity index (χ2v) is 5.20. The van der Waals surface area contributed by atoms with Gasteiger partial charge >= 0.3 is 11.6 Å². The van der Waals surface area contributed by atoms with Gasteiger partial charge in [-0.05, 0) is 24.6 Å². The van der Waals surface area contributed by atoms with Crippen LogP contribution in [0.1, 0.15) is 22.8 Å². The van der Waals surface area contributed by atoms with Crippen molar-refractivity contribution in [2.75, 3.05) is 11.9 Å². The summed E-state index contributed by atoms with van der Waals surface area (Å²) in [6, 6.07) is 16.8. The molecule has 3 aromatic rings. The van der Waals surface area contributed by atoms with Crippen LogP contribution in [0.4, 0.5) is 5.69 Å². The quantitative estimate of drug-likeness (QED) is 0.574. The van der Waals surface area contributed by atoms with Gasteiger partial charge in [0.05, 0.1) is 12.3 Å². The maximum absolute atomic E-state index is 12.3. The van der Waals surface area contributed by atoms with Gasteiger partial charge in [0.2, 0.25) is 0 Å². The van der Waals surface area contributed by atoms with Crippen LogP contribution < -0.4 is 10.9 Å². The van der Waals surface area contributed by atoms with E-state index in [9.17, 15) is 9.59 Å². The van der Waals surface area contributed by atoms with E-state index < -0.39 is 11.6 Å². The average Bonchev–Trinajstić information content (AvgIpc) is 2.60. The number of hydrogen-bond acceptors (Lipinski definition) is 5. The monoisotopic (exact) mass is 323 g/mol. The predicted octanol–water partition coefficient (Wildman–Crippen LogP) is 3.58. The zero-order chi connectivity index (χ0) is 16.9. The smallest absolute Gasteiger partial charge is 0.353 e. The molecule has 1 N–H and O–H groups in total. The average molecular weight is 323 g/mol. The molecule has 3 rings (SSSR count). The van der Waals surface area contributed by atoms with Gasteiger partial charge in [-0.25, -0.2) is 9.59 Å². The number of rotatable bonds is 5. The Morgan fingerprint density at radius 1 is 1.08 bits per heavy atom. The van der Waals surface area contributed by atoms with Crippen molar-refractivity contribution in [3.8, 4) is 0 Å². The van der Waals surface area contributed by atoms with Crippen LogP contribution in [-0.4, -0.2) is 12.6 Å². The van der Waals surface area contributed by atoms with E-state index >= 15 is 0 Å². The van der Waals surface area contributed by atoms with Crippen LogP contribution in [0.25, 0.3) is 11.0 Å². The first-order valence-electron chi connectivity index (χ1n) is 7.71. The van der Waals surface area contributed by atoms with Crippen molar-refractivity contribution >= 4 is 22.6 Å². The Balaban J connectivity index is 2.09. The fourth-order valence-corrected chi connectivity index (χ4v) is 2.51. The molecule has 0 aliphatic heterocycles. The molecule has 122 valence electrons. The minimum Gasteiger partial charge on any atom is -0.462 e. The van der Waals surface area contributed by atoms with Crippen LogP contribution in [0.15, 0.2) is 63.8 Å². The molecule has 0 atom stereocenters. The number of para-hydroxylation sites is 1. The Hall–Kier alpha value is -3.08. The van der Waals surface area contributed by atoms with Gasteiger partial charge in [0.1, 0.15) is 5.58 Å². The molecule has 1 heterocycles. The first-order chi connectivity index (χ1) is 11.7. The first kappa shape index (κ1) is 15.8. The summed E-state index contributed by atoms with van der Waals surface area (Å²) in [7, 11) is 0. The number of fused-ring (bicyclic) bond motifs is 1. The summed E-state index contributed by atoms with van der Waals surface area (Å²) in [5.74, 6) is -0.687. The molecule has 2 aromatic carbocycles. The van der Waals surface area contributed by atoms with Crippen molar-refractivity contribution in [1.29, 1.82) is 0 Å². The number of carbonyl (C=O) groups excluding carboxylic acids is 1. The predicted molar refractivity (Wildman–Crippen MR) is 92.2 cm³/mol. The van der Waals surface area contributed by atoms with Crippen molar-refractivity contribution < 1.29 is 13.9 Å². The van der Waals surface area contributed by atoms with E-state index in [1.54, 1.807) is 25.1 Å². The Kier molecular flexibility index (Phi) is 4.61. The summed E-state index contributed by atoms with van der Waals surface area (Å²) in [5, 5.41) is 3.85. The number of esters is 1. The molecular formula is C19H17NO4. The van der Waals surface area contributed by atoms with Crippen molar-refractivity contribution in [2.24, 2.45) is 0 Å². The van der Waals surface area contributed by atoms with E-state index in [0.29, 0.717) is 23.2 Å². The number of nitrogens with one attached hydrogen (secondary N) is 1. The van der Waals surface area contributed by atoms with Crippen molar-refractivity contribution in [3.05, 3.63) is 76.1 Å². The van der Waals surface area contributed by atoms with E-state index in [1.165, 1.54) is 0 Å². The molecule has 5 heteroatoms. The molecule has 0 fully saturated rings. The molecule has 0 bridgehead atoms. The molecule has 0 saturated carbocycles. The maximum atomic E-state index is 12.3. The molecule has 0 aliphatic carbocycles. The lowest BCUT2D eigenvalue weighted by Gasteiger charge is -2.13. The highest BCUT2D eigenvalue weighted by Gasteiger charge is 2.22. The fourth-order valence-electron chi connectivity index (χ4n) is 2.51. The summed E-state index contributed by atoms with van der Waals surface area (Å²) >= 11 is 0. The lowest BCUT2D eigenvalue weighted by Crippen LogP contribution is -2.20. The molecule has 0 unspecified atom stereocenters. The standard InChI is InChI=1S/C19H17NO4/c1-2-23-18(21)16-17(20-12-13-8-4-3-5-9-13)14-10-6-7-11-15(14)24-19(16)22/h3-11,20H,2,12H2,1H3. The molecule has 0 spiro atoms. The summed E-state index contributed by atoms with van der Waals surface area (Å²) in [5.41, 5.74) is 1.08. The normalized spacial score (nSPS) is 10.5. The van der Waals surface area contributed by atoms with E-state index in [4.69, 9.17) is 9.15 Å². The third-order valence-corrected chi connectivity index (χ3v) is 3.60. The van der Waals surface area contributed by atoms with Gasteiger partial charge in [0, 0.05) is 11.9 Å². The number of benzene rings is 2. The van der Waals surface area contributed by atoms with Crippen LogP contribution in [0.5, 0.6) is 0 Å². The van der Waals surface area contributed by atoms with E-state index in [0.717, 1.165) is 5.56 Å². The lowest BCUT2D eigenvalue weighted by molar-refractivity contribution is 0.0523. The van der Waals surface area contributed by atoms with E-state index in [-0.39, 0.29) is 12.2 Å². The molecule has 0 saturated heterocycles. The third-order valence-electron chi connectivity index (χ3n) is 3.60. The highest BCUT2D eigenvalue weighted by Crippen LogP contribution is 2.26. The van der Waals surface area contributed by atoms with Gasteiger partial charge in [0.25, 0.3) is 0 Å². The van der Waals surface area contributed by atoms with Crippen molar-refractivity contribution in [3.63, 3.8) is 0 Å². The molecule has 5 nitrogen and oxygen atoms in total. The van der Waals surface area contributed by atoms with Gasteiger partial charge in [0.15, 0.2) is 5.56 Å². The van der Waals surface area contributed by atoms with E-state index in [2.05, 4.69) is 5.32 Å². The van der Waals surface area contributed by atoms with Crippen LogP contribution in [-0.2, 0) is 11.3 Å². The second kappa shape index (κ2) is 7.00. The zero-order valence-corrected chi connectivity index (χ0v) is 13.2. The minimum atomic E-state index is -0.706. The third kappa shape index (κ3) is 3.15. The molecule has 1 aromatic heterocycles. The Bertz CT molecular complexity index is 916. The molecule has 0 radical (unpaired) electrons. The molecular weight excluding hydrogens is 306 g/mol. The van der Waals surface area contributed by atoms with Crippen molar-refractivity contribution in [2.45, 2.75) is 13.5 Å². The Morgan fingerprint density at radius 2 is 1.79 bits per heavy atom. The van der Waals surface area contributed by atoms with Crippen molar-refractivity contribution in [1.82, 2.24) is 0 Å². The topological polar surface area (TPSA) is 68.5 Å². The van der Waals surface area contributed by atoms with Crippen LogP contribution >= 0.6 is 0 Å². The first-order valence-corrected chi connectivity index (χ1v) is 7.71. The SMILES string of the molecule is CCOC(=O)c1c(NCc2ccccc2)c2ccccc2oc1=O. The van der Waals surface area contributed by atoms with E-state index in [1.807, 2.05) is 36.4 Å². The second-order valence-electron chi connectivity index (χ2n) is 5.20. The van der Waals surface area contributed by atoms with Gasteiger partial charge in [-0.15, -0.1) is 0 Å². The molecule has 24 heavy (non-hydrogen) atoms. The number of hydrogen-bond donors (Lipinski definition) is 1. The van der Waals surface area contributed by atoms with Crippen LogP contribution in [0.2, 0.25) is 0 Å². The molecule has 0 aliphatic rings. The van der Waals surface area contributed by atoms with Gasteiger partial charge in [-0.3, -0.25) is 0 Å². The fraction of sp³-hybridized carbons (Fsp3) is 0.158.